The van der Waals surface area contributed by atoms with Gasteiger partial charge in [0, 0.05) is 26.1 Å². The molecule has 0 amide bonds. The second-order valence-electron chi connectivity index (χ2n) is 3.99. The van der Waals surface area contributed by atoms with Crippen molar-refractivity contribution in [1.29, 1.82) is 0 Å². The van der Waals surface area contributed by atoms with E-state index in [1.165, 1.54) is 11.1 Å². The molecular formula is C12H18ClNO. The van der Waals surface area contributed by atoms with Crippen LogP contribution in [-0.2, 0) is 4.74 Å². The van der Waals surface area contributed by atoms with Crippen LogP contribution in [0.1, 0.15) is 17.2 Å². The number of hydrogen-bond acceptors (Lipinski definition) is 2. The largest absolute Gasteiger partial charge is 0.376 e. The molecule has 1 aromatic rings. The Morgan fingerprint density at radius 1 is 1.40 bits per heavy atom. The minimum Gasteiger partial charge on any atom is -0.376 e. The van der Waals surface area contributed by atoms with E-state index in [0.717, 1.165) is 13.1 Å². The highest BCUT2D eigenvalue weighted by Gasteiger charge is 2.27. The Balaban J connectivity index is 0.00000112. The van der Waals surface area contributed by atoms with Crippen molar-refractivity contribution in [3.05, 3.63) is 35.4 Å². The molecule has 15 heavy (non-hydrogen) atoms. The Hall–Kier alpha value is -0.570. The number of methoxy groups -OCH3 is 1. The number of ether oxygens (including phenoxy) is 1. The van der Waals surface area contributed by atoms with Gasteiger partial charge in [0.25, 0.3) is 0 Å². The molecule has 2 nitrogen and oxygen atoms in total. The summed E-state index contributed by atoms with van der Waals surface area (Å²) < 4.78 is 5.56. The molecule has 1 atom stereocenters. The highest BCUT2D eigenvalue weighted by Crippen LogP contribution is 2.28. The highest BCUT2D eigenvalue weighted by molar-refractivity contribution is 5.85. The molecule has 0 bridgehead atoms. The average Bonchev–Trinajstić information content (AvgIpc) is 2.10. The van der Waals surface area contributed by atoms with E-state index in [-0.39, 0.29) is 18.5 Å². The number of aryl methyl sites for hydroxylation is 1. The predicted octanol–water partition coefficient (Wildman–Crippen LogP) is 2.32. The van der Waals surface area contributed by atoms with E-state index in [1.54, 1.807) is 7.11 Å². The van der Waals surface area contributed by atoms with Crippen LogP contribution in [-0.4, -0.2) is 20.2 Å². The zero-order valence-electron chi connectivity index (χ0n) is 9.19. The molecule has 1 aliphatic heterocycles. The van der Waals surface area contributed by atoms with E-state index >= 15 is 0 Å². The fourth-order valence-corrected chi connectivity index (χ4v) is 1.97. The molecule has 0 spiro atoms. The minimum absolute atomic E-state index is 0. The van der Waals surface area contributed by atoms with E-state index in [9.17, 15) is 0 Å². The van der Waals surface area contributed by atoms with Crippen molar-refractivity contribution in [3.8, 4) is 0 Å². The van der Waals surface area contributed by atoms with Gasteiger partial charge in [0.1, 0.15) is 0 Å². The average molecular weight is 228 g/mol. The first kappa shape index (κ1) is 12.5. The van der Waals surface area contributed by atoms with Crippen LogP contribution in [0.25, 0.3) is 0 Å². The monoisotopic (exact) mass is 227 g/mol. The van der Waals surface area contributed by atoms with E-state index in [0.29, 0.717) is 5.92 Å². The third kappa shape index (κ3) is 2.71. The summed E-state index contributed by atoms with van der Waals surface area (Å²) in [7, 11) is 1.80. The highest BCUT2D eigenvalue weighted by atomic mass is 35.5. The summed E-state index contributed by atoms with van der Waals surface area (Å²) in [6, 6.07) is 8.59. The molecular weight excluding hydrogens is 210 g/mol. The lowest BCUT2D eigenvalue weighted by atomic mass is 9.90. The van der Waals surface area contributed by atoms with Gasteiger partial charge >= 0.3 is 0 Å². The van der Waals surface area contributed by atoms with Crippen LogP contribution in [0.15, 0.2) is 24.3 Å². The smallest absolute Gasteiger partial charge is 0.0873 e. The van der Waals surface area contributed by atoms with Crippen molar-refractivity contribution in [2.75, 3.05) is 20.2 Å². The molecule has 0 unspecified atom stereocenters. The van der Waals surface area contributed by atoms with Gasteiger partial charge in [-0.15, -0.1) is 12.4 Å². The van der Waals surface area contributed by atoms with Crippen molar-refractivity contribution in [2.24, 2.45) is 5.92 Å². The number of halogens is 1. The summed E-state index contributed by atoms with van der Waals surface area (Å²) in [4.78, 5) is 0. The van der Waals surface area contributed by atoms with E-state index in [1.807, 2.05) is 0 Å². The fraction of sp³-hybridized carbons (Fsp3) is 0.500. The molecule has 1 N–H and O–H groups in total. The van der Waals surface area contributed by atoms with Crippen LogP contribution in [0.5, 0.6) is 0 Å². The van der Waals surface area contributed by atoms with Crippen LogP contribution in [0, 0.1) is 12.8 Å². The number of nitrogens with one attached hydrogen (secondary N) is 1. The molecule has 84 valence electrons. The summed E-state index contributed by atoms with van der Waals surface area (Å²) >= 11 is 0. The van der Waals surface area contributed by atoms with Gasteiger partial charge in [0.15, 0.2) is 0 Å². The third-order valence-electron chi connectivity index (χ3n) is 2.87. The molecule has 0 aliphatic carbocycles. The van der Waals surface area contributed by atoms with Crippen LogP contribution in [0.4, 0.5) is 0 Å². The molecule has 0 saturated carbocycles. The lowest BCUT2D eigenvalue weighted by molar-refractivity contribution is 0.0292. The number of rotatable bonds is 3. The first-order valence-corrected chi connectivity index (χ1v) is 5.11. The summed E-state index contributed by atoms with van der Waals surface area (Å²) in [6.07, 6.45) is 0.260. The zero-order chi connectivity index (χ0) is 9.97. The van der Waals surface area contributed by atoms with Crippen molar-refractivity contribution >= 4 is 12.4 Å². The molecule has 2 rings (SSSR count). The van der Waals surface area contributed by atoms with Gasteiger partial charge in [-0.2, -0.15) is 0 Å². The van der Waals surface area contributed by atoms with Gasteiger partial charge < -0.3 is 10.1 Å². The van der Waals surface area contributed by atoms with E-state index < -0.39 is 0 Å². The van der Waals surface area contributed by atoms with Crippen molar-refractivity contribution in [2.45, 2.75) is 13.0 Å². The maximum absolute atomic E-state index is 5.56. The molecule has 1 heterocycles. The van der Waals surface area contributed by atoms with E-state index in [2.05, 4.69) is 36.5 Å². The summed E-state index contributed by atoms with van der Waals surface area (Å²) in [6.45, 7) is 4.27. The Morgan fingerprint density at radius 3 is 2.60 bits per heavy atom. The minimum atomic E-state index is 0. The summed E-state index contributed by atoms with van der Waals surface area (Å²) in [5, 5.41) is 3.28. The SMILES string of the molecule is CO[C@H](c1cccc(C)c1)C1CNC1.Cl. The van der Waals surface area contributed by atoms with Gasteiger partial charge in [0.2, 0.25) is 0 Å². The first-order chi connectivity index (χ1) is 6.81. The third-order valence-corrected chi connectivity index (χ3v) is 2.87. The van der Waals surface area contributed by atoms with Crippen molar-refractivity contribution < 1.29 is 4.74 Å². The molecule has 1 fully saturated rings. The van der Waals surface area contributed by atoms with Crippen molar-refractivity contribution in [3.63, 3.8) is 0 Å². The number of hydrogen-bond donors (Lipinski definition) is 1. The van der Waals surface area contributed by atoms with Crippen LogP contribution in [0.3, 0.4) is 0 Å². The Labute approximate surface area is 97.4 Å². The maximum Gasteiger partial charge on any atom is 0.0873 e. The topological polar surface area (TPSA) is 21.3 Å². The van der Waals surface area contributed by atoms with Gasteiger partial charge in [-0.25, -0.2) is 0 Å². The molecule has 1 saturated heterocycles. The zero-order valence-corrected chi connectivity index (χ0v) is 10.0. The Kier molecular flexibility index (Phi) is 4.58. The quantitative estimate of drug-likeness (QED) is 0.856. The van der Waals surface area contributed by atoms with Gasteiger partial charge in [-0.05, 0) is 12.5 Å². The van der Waals surface area contributed by atoms with Crippen LogP contribution in [0.2, 0.25) is 0 Å². The maximum atomic E-state index is 5.56. The summed E-state index contributed by atoms with van der Waals surface area (Å²) in [5.74, 6) is 0.641. The normalized spacial score (nSPS) is 17.7. The molecule has 0 aromatic heterocycles. The Bertz CT molecular complexity index is 312. The van der Waals surface area contributed by atoms with Crippen molar-refractivity contribution in [1.82, 2.24) is 5.32 Å². The Morgan fingerprint density at radius 2 is 2.13 bits per heavy atom. The van der Waals surface area contributed by atoms with E-state index in [4.69, 9.17) is 4.74 Å². The fourth-order valence-electron chi connectivity index (χ4n) is 1.97. The van der Waals surface area contributed by atoms with Gasteiger partial charge in [0.05, 0.1) is 6.10 Å². The summed E-state index contributed by atoms with van der Waals surface area (Å²) in [5.41, 5.74) is 2.61. The first-order valence-electron chi connectivity index (χ1n) is 5.11. The molecule has 1 aliphatic rings. The molecule has 0 radical (unpaired) electrons. The second-order valence-corrected chi connectivity index (χ2v) is 3.99. The lowest BCUT2D eigenvalue weighted by Crippen LogP contribution is -2.45. The van der Waals surface area contributed by atoms with Crippen LogP contribution < -0.4 is 5.32 Å². The van der Waals surface area contributed by atoms with Gasteiger partial charge in [-0.3, -0.25) is 0 Å². The number of benzene rings is 1. The van der Waals surface area contributed by atoms with Gasteiger partial charge in [-0.1, -0.05) is 29.8 Å². The van der Waals surface area contributed by atoms with Crippen LogP contribution >= 0.6 is 12.4 Å². The standard InChI is InChI=1S/C12H17NO.ClH/c1-9-4-3-5-10(6-9)12(14-2)11-7-13-8-11;/h3-6,11-13H,7-8H2,1-2H3;1H/t12-;/m1./s1. The molecule has 3 heteroatoms. The predicted molar refractivity (Wildman–Crippen MR) is 64.5 cm³/mol. The lowest BCUT2D eigenvalue weighted by Gasteiger charge is -2.34. The molecule has 1 aromatic carbocycles. The second kappa shape index (κ2) is 5.50.